The average Bonchev–Trinajstić information content (AvgIpc) is 2.97. The van der Waals surface area contributed by atoms with E-state index in [1.807, 2.05) is 18.2 Å². The molecule has 0 saturated carbocycles. The first-order valence-corrected chi connectivity index (χ1v) is 15.8. The van der Waals surface area contributed by atoms with Crippen molar-refractivity contribution >= 4 is 0 Å². The summed E-state index contributed by atoms with van der Waals surface area (Å²) in [6, 6.07) is 8.96. The predicted molar refractivity (Wildman–Crippen MR) is 158 cm³/mol. The Labute approximate surface area is 237 Å². The second-order valence-electron chi connectivity index (χ2n) is 11.2. The smallest absolute Gasteiger partial charge is 0.185 e. The summed E-state index contributed by atoms with van der Waals surface area (Å²) < 4.78 is 32.4. The summed E-state index contributed by atoms with van der Waals surface area (Å²) in [5.41, 5.74) is 2.36. The molecule has 39 heavy (non-hydrogen) atoms. The number of nitrogens with zero attached hydrogens (tertiary/aromatic N) is 1. The van der Waals surface area contributed by atoms with Crippen molar-refractivity contribution in [1.29, 1.82) is 0 Å². The van der Waals surface area contributed by atoms with E-state index in [0.717, 1.165) is 42.9 Å². The minimum atomic E-state index is -0.374. The summed E-state index contributed by atoms with van der Waals surface area (Å²) in [6.07, 6.45) is 21.8. The molecule has 0 spiro atoms. The minimum Gasteiger partial charge on any atom is -0.491 e. The lowest BCUT2D eigenvalue weighted by atomic mass is 10.0. The number of unbranched alkanes of at least 4 members (excludes halogenated alkanes) is 13. The van der Waals surface area contributed by atoms with Crippen molar-refractivity contribution in [2.24, 2.45) is 5.92 Å². The molecule has 3 rings (SSSR count). The molecular formula is C34H52FNO3. The first kappa shape index (κ1) is 31.5. The van der Waals surface area contributed by atoms with Crippen LogP contribution in [0.2, 0.25) is 0 Å². The first-order chi connectivity index (χ1) is 19.2. The van der Waals surface area contributed by atoms with Gasteiger partial charge >= 0.3 is 0 Å². The van der Waals surface area contributed by atoms with Gasteiger partial charge in [0.15, 0.2) is 17.9 Å². The fourth-order valence-electron chi connectivity index (χ4n) is 5.20. The zero-order valence-corrected chi connectivity index (χ0v) is 24.6. The third kappa shape index (κ3) is 12.0. The predicted octanol–water partition coefficient (Wildman–Crippen LogP) is 10.2. The number of pyridine rings is 1. The number of halogens is 1. The lowest BCUT2D eigenvalue weighted by Crippen LogP contribution is -2.27. The molecule has 0 bridgehead atoms. The number of hydrogen-bond acceptors (Lipinski definition) is 4. The van der Waals surface area contributed by atoms with Crippen molar-refractivity contribution in [2.45, 2.75) is 123 Å². The van der Waals surface area contributed by atoms with Crippen molar-refractivity contribution in [1.82, 2.24) is 4.98 Å². The van der Waals surface area contributed by atoms with Gasteiger partial charge in [-0.15, -0.1) is 0 Å². The number of benzene rings is 1. The third-order valence-electron chi connectivity index (χ3n) is 7.72. The Morgan fingerprint density at radius 1 is 0.769 bits per heavy atom. The highest BCUT2D eigenvalue weighted by Crippen LogP contribution is 2.29. The molecule has 0 aliphatic carbocycles. The van der Waals surface area contributed by atoms with Crippen LogP contribution >= 0.6 is 0 Å². The van der Waals surface area contributed by atoms with Crippen LogP contribution in [0.1, 0.15) is 128 Å². The van der Waals surface area contributed by atoms with E-state index < -0.39 is 0 Å². The number of aromatic nitrogens is 1. The van der Waals surface area contributed by atoms with Gasteiger partial charge in [0.05, 0.1) is 25.5 Å². The Balaban J connectivity index is 1.34. The van der Waals surface area contributed by atoms with E-state index in [4.69, 9.17) is 14.2 Å². The standard InChI is InChI=1S/C34H52FNO3/c1-3-5-7-9-11-13-15-17-23-37-33-22-20-29(24-31(33)35)32-21-19-30(25-36-32)34-38-26-28(27-39-34)18-16-14-12-10-8-6-4-2/h19-22,24-25,28,34H,3-18,23,26-27H2,1-2H3. The molecule has 1 aliphatic heterocycles. The Bertz CT molecular complexity index is 896. The van der Waals surface area contributed by atoms with E-state index in [1.54, 1.807) is 12.3 Å². The number of hydrogen-bond donors (Lipinski definition) is 0. The summed E-state index contributed by atoms with van der Waals surface area (Å²) in [4.78, 5) is 4.56. The lowest BCUT2D eigenvalue weighted by molar-refractivity contribution is -0.206. The van der Waals surface area contributed by atoms with Gasteiger partial charge in [0, 0.05) is 23.2 Å². The van der Waals surface area contributed by atoms with Gasteiger partial charge in [-0.1, -0.05) is 110 Å². The molecule has 0 atom stereocenters. The maximum Gasteiger partial charge on any atom is 0.185 e. The molecule has 2 heterocycles. The average molecular weight is 542 g/mol. The molecule has 0 radical (unpaired) electrons. The van der Waals surface area contributed by atoms with Gasteiger partial charge in [-0.05, 0) is 37.1 Å². The maximum atomic E-state index is 14.7. The summed E-state index contributed by atoms with van der Waals surface area (Å²) in [5, 5.41) is 0. The Morgan fingerprint density at radius 2 is 1.38 bits per heavy atom. The number of rotatable bonds is 20. The third-order valence-corrected chi connectivity index (χ3v) is 7.72. The van der Waals surface area contributed by atoms with Gasteiger partial charge in [-0.25, -0.2) is 4.39 Å². The van der Waals surface area contributed by atoms with Crippen LogP contribution in [-0.2, 0) is 9.47 Å². The molecule has 1 aromatic carbocycles. The highest BCUT2D eigenvalue weighted by Gasteiger charge is 2.23. The van der Waals surface area contributed by atoms with E-state index >= 15 is 0 Å². The van der Waals surface area contributed by atoms with Crippen LogP contribution < -0.4 is 4.74 Å². The van der Waals surface area contributed by atoms with E-state index in [-0.39, 0.29) is 12.1 Å². The van der Waals surface area contributed by atoms with Gasteiger partial charge in [-0.3, -0.25) is 4.98 Å². The highest BCUT2D eigenvalue weighted by atomic mass is 19.1. The van der Waals surface area contributed by atoms with E-state index in [2.05, 4.69) is 18.8 Å². The molecule has 218 valence electrons. The van der Waals surface area contributed by atoms with Crippen LogP contribution in [0.5, 0.6) is 5.75 Å². The second-order valence-corrected chi connectivity index (χ2v) is 11.2. The normalized spacial score (nSPS) is 17.4. The largest absolute Gasteiger partial charge is 0.491 e. The molecule has 1 aliphatic rings. The van der Waals surface area contributed by atoms with Gasteiger partial charge in [0.2, 0.25) is 0 Å². The lowest BCUT2D eigenvalue weighted by Gasteiger charge is -2.29. The van der Waals surface area contributed by atoms with Crippen molar-refractivity contribution in [3.63, 3.8) is 0 Å². The summed E-state index contributed by atoms with van der Waals surface area (Å²) in [5.74, 6) is 0.445. The molecule has 1 saturated heterocycles. The van der Waals surface area contributed by atoms with E-state index in [1.165, 1.54) is 96.0 Å². The summed E-state index contributed by atoms with van der Waals surface area (Å²) in [7, 11) is 0. The number of ether oxygens (including phenoxy) is 3. The van der Waals surface area contributed by atoms with Crippen LogP contribution in [0.25, 0.3) is 11.3 Å². The van der Waals surface area contributed by atoms with Crippen molar-refractivity contribution in [2.75, 3.05) is 19.8 Å². The quantitative estimate of drug-likeness (QED) is 0.156. The van der Waals surface area contributed by atoms with Gasteiger partial charge < -0.3 is 14.2 Å². The Kier molecular flexibility index (Phi) is 15.5. The molecule has 0 unspecified atom stereocenters. The molecule has 1 aromatic heterocycles. The van der Waals surface area contributed by atoms with E-state index in [0.29, 0.717) is 18.3 Å². The molecule has 5 heteroatoms. The topological polar surface area (TPSA) is 40.6 Å². The van der Waals surface area contributed by atoms with E-state index in [9.17, 15) is 4.39 Å². The van der Waals surface area contributed by atoms with Crippen LogP contribution in [-0.4, -0.2) is 24.8 Å². The first-order valence-electron chi connectivity index (χ1n) is 15.8. The van der Waals surface area contributed by atoms with Crippen molar-refractivity contribution < 1.29 is 18.6 Å². The van der Waals surface area contributed by atoms with Crippen molar-refractivity contribution in [3.05, 3.63) is 47.9 Å². The van der Waals surface area contributed by atoms with Crippen LogP contribution in [0.4, 0.5) is 4.39 Å². The molecule has 0 N–H and O–H groups in total. The maximum absolute atomic E-state index is 14.7. The molecular weight excluding hydrogens is 489 g/mol. The fourth-order valence-corrected chi connectivity index (χ4v) is 5.20. The van der Waals surface area contributed by atoms with Gasteiger partial charge in [-0.2, -0.15) is 0 Å². The van der Waals surface area contributed by atoms with Crippen molar-refractivity contribution in [3.8, 4) is 17.0 Å². The fraction of sp³-hybridized carbons (Fsp3) is 0.676. The van der Waals surface area contributed by atoms with Crippen LogP contribution in [0, 0.1) is 11.7 Å². The van der Waals surface area contributed by atoms with Crippen LogP contribution in [0.15, 0.2) is 36.5 Å². The molecule has 4 nitrogen and oxygen atoms in total. The highest BCUT2D eigenvalue weighted by molar-refractivity contribution is 5.60. The van der Waals surface area contributed by atoms with Crippen LogP contribution in [0.3, 0.4) is 0 Å². The summed E-state index contributed by atoms with van der Waals surface area (Å²) >= 11 is 0. The zero-order valence-electron chi connectivity index (χ0n) is 24.6. The Morgan fingerprint density at radius 3 is 1.97 bits per heavy atom. The SMILES string of the molecule is CCCCCCCCCCOc1ccc(-c2ccc(C3OCC(CCCCCCCCC)CO3)cn2)cc1F. The van der Waals surface area contributed by atoms with Gasteiger partial charge in [0.1, 0.15) is 0 Å². The zero-order chi connectivity index (χ0) is 27.5. The van der Waals surface area contributed by atoms with Gasteiger partial charge in [0.25, 0.3) is 0 Å². The minimum absolute atomic E-state index is 0.313. The Hall–Kier alpha value is -1.98. The molecule has 0 amide bonds. The summed E-state index contributed by atoms with van der Waals surface area (Å²) in [6.45, 7) is 6.51. The monoisotopic (exact) mass is 541 g/mol. The molecule has 2 aromatic rings. The second kappa shape index (κ2) is 19.2. The molecule has 1 fully saturated rings.